The number of carbonyl (C=O) groups excluding carboxylic acids is 2. The number of rotatable bonds is 17. The molecule has 0 saturated heterocycles. The molecule has 8 aromatic rings. The summed E-state index contributed by atoms with van der Waals surface area (Å²) in [7, 11) is 6.47. The number of aromatic nitrogens is 2. The Morgan fingerprint density at radius 1 is 0.406 bits per heavy atom. The summed E-state index contributed by atoms with van der Waals surface area (Å²) in [4.78, 5) is 26.6. The highest BCUT2D eigenvalue weighted by Gasteiger charge is 2.23. The first kappa shape index (κ1) is 42.6. The van der Waals surface area contributed by atoms with Crippen LogP contribution in [-0.2, 0) is 35.5 Å². The molecule has 12 nitrogen and oxygen atoms in total. The number of hydrogen-bond donors (Lipinski definition) is 2. The predicted molar refractivity (Wildman–Crippen MR) is 244 cm³/mol. The second kappa shape index (κ2) is 19.7. The molecular weight excluding hydrogens is 809 g/mol. The van der Waals surface area contributed by atoms with E-state index in [9.17, 15) is 9.59 Å². The SMILES string of the molecule is COc1ccc(-c2noc(CC(=O)NCc3ccc(-c4ccc(CNC(=O)Cc5onc(-c6ccc(OC)cc6)c5-c5ccc(OC)cc5)cc4)cc3)c2-c2ccc(OC)cc2)cc1. The summed E-state index contributed by atoms with van der Waals surface area (Å²) in [5, 5.41) is 14.8. The van der Waals surface area contributed by atoms with Gasteiger partial charge in [0.1, 0.15) is 34.4 Å². The number of nitrogens with zero attached hydrogens (tertiary/aromatic N) is 2. The molecule has 2 heterocycles. The molecule has 0 spiro atoms. The molecule has 0 saturated carbocycles. The van der Waals surface area contributed by atoms with Gasteiger partial charge in [-0.25, -0.2) is 0 Å². The molecule has 8 rings (SSSR count). The van der Waals surface area contributed by atoms with Gasteiger partial charge >= 0.3 is 0 Å². The van der Waals surface area contributed by atoms with Gasteiger partial charge in [-0.1, -0.05) is 83.1 Å². The standard InChI is InChI=1S/C52H46N4O8/c1-59-41-21-13-37(14-22-41)49-45(63-55-51(49)39-17-25-43(61-3)26-18-39)29-47(57)53-31-33-5-9-35(10-6-33)36-11-7-34(8-12-36)32-54-48(58)30-46-50(38-15-23-42(60-2)24-16-38)52(56-64-46)40-19-27-44(62-4)28-20-40/h5-28H,29-32H2,1-4H3,(H,53,57)(H,54,58). The highest BCUT2D eigenvalue weighted by molar-refractivity contribution is 5.88. The van der Waals surface area contributed by atoms with Gasteiger partial charge in [0.05, 0.1) is 52.4 Å². The third-order valence-corrected chi connectivity index (χ3v) is 10.9. The Kier molecular flexibility index (Phi) is 13.1. The van der Waals surface area contributed by atoms with E-state index in [0.717, 1.165) is 78.6 Å². The summed E-state index contributed by atoms with van der Waals surface area (Å²) < 4.78 is 33.0. The highest BCUT2D eigenvalue weighted by Crippen LogP contribution is 2.38. The van der Waals surface area contributed by atoms with Gasteiger partial charge < -0.3 is 38.6 Å². The number of ether oxygens (including phenoxy) is 4. The Labute approximate surface area is 370 Å². The molecule has 2 aromatic heterocycles. The van der Waals surface area contributed by atoms with Crippen molar-refractivity contribution >= 4 is 11.8 Å². The molecule has 0 fully saturated rings. The average molecular weight is 855 g/mol. The lowest BCUT2D eigenvalue weighted by atomic mass is 9.97. The minimum Gasteiger partial charge on any atom is -0.497 e. The van der Waals surface area contributed by atoms with Crippen LogP contribution in [-0.4, -0.2) is 50.6 Å². The maximum atomic E-state index is 13.3. The van der Waals surface area contributed by atoms with E-state index in [1.54, 1.807) is 28.4 Å². The molecule has 0 unspecified atom stereocenters. The van der Waals surface area contributed by atoms with Crippen molar-refractivity contribution in [3.63, 3.8) is 0 Å². The van der Waals surface area contributed by atoms with Gasteiger partial charge in [-0.2, -0.15) is 0 Å². The van der Waals surface area contributed by atoms with E-state index in [-0.39, 0.29) is 24.7 Å². The molecule has 12 heteroatoms. The van der Waals surface area contributed by atoms with E-state index >= 15 is 0 Å². The molecular formula is C52H46N4O8. The Balaban J connectivity index is 0.871. The van der Waals surface area contributed by atoms with E-state index in [4.69, 9.17) is 28.0 Å². The predicted octanol–water partition coefficient (Wildman–Crippen LogP) is 9.75. The molecule has 0 bridgehead atoms. The van der Waals surface area contributed by atoms with Gasteiger partial charge in [0.15, 0.2) is 11.5 Å². The number of benzene rings is 6. The van der Waals surface area contributed by atoms with Crippen molar-refractivity contribution in [3.8, 4) is 78.9 Å². The summed E-state index contributed by atoms with van der Waals surface area (Å²) in [5.41, 5.74) is 10.1. The molecule has 0 aliphatic heterocycles. The van der Waals surface area contributed by atoms with Crippen LogP contribution in [0, 0.1) is 0 Å². The van der Waals surface area contributed by atoms with Crippen LogP contribution >= 0.6 is 0 Å². The first-order valence-electron chi connectivity index (χ1n) is 20.6. The van der Waals surface area contributed by atoms with Crippen molar-refractivity contribution in [1.82, 2.24) is 20.9 Å². The van der Waals surface area contributed by atoms with Crippen LogP contribution in [0.5, 0.6) is 23.0 Å². The quantitative estimate of drug-likeness (QED) is 0.0908. The van der Waals surface area contributed by atoms with Gasteiger partial charge in [0, 0.05) is 24.2 Å². The van der Waals surface area contributed by atoms with Gasteiger partial charge in [0.25, 0.3) is 0 Å². The first-order valence-corrected chi connectivity index (χ1v) is 20.6. The second-order valence-corrected chi connectivity index (χ2v) is 14.9. The Bertz CT molecular complexity index is 2620. The Morgan fingerprint density at radius 2 is 0.688 bits per heavy atom. The third kappa shape index (κ3) is 9.82. The number of methoxy groups -OCH3 is 4. The summed E-state index contributed by atoms with van der Waals surface area (Å²) in [6.45, 7) is 0.682. The van der Waals surface area contributed by atoms with Crippen LogP contribution in [0.1, 0.15) is 22.6 Å². The van der Waals surface area contributed by atoms with Crippen LogP contribution in [0.2, 0.25) is 0 Å². The molecule has 2 N–H and O–H groups in total. The number of amides is 2. The van der Waals surface area contributed by atoms with Crippen molar-refractivity contribution in [3.05, 3.63) is 168 Å². The third-order valence-electron chi connectivity index (χ3n) is 10.9. The summed E-state index contributed by atoms with van der Waals surface area (Å²) >= 11 is 0. The second-order valence-electron chi connectivity index (χ2n) is 14.9. The van der Waals surface area contributed by atoms with Gasteiger partial charge in [-0.05, 0) is 106 Å². The zero-order valence-corrected chi connectivity index (χ0v) is 35.8. The van der Waals surface area contributed by atoms with E-state index < -0.39 is 0 Å². The van der Waals surface area contributed by atoms with Gasteiger partial charge in [-0.15, -0.1) is 0 Å². The minimum atomic E-state index is -0.198. The van der Waals surface area contributed by atoms with Crippen molar-refractivity contribution in [2.45, 2.75) is 25.9 Å². The van der Waals surface area contributed by atoms with Crippen molar-refractivity contribution in [1.29, 1.82) is 0 Å². The van der Waals surface area contributed by atoms with Gasteiger partial charge in [0.2, 0.25) is 11.8 Å². The Hall–Kier alpha value is -8.12. The first-order chi connectivity index (χ1) is 31.3. The molecule has 0 atom stereocenters. The van der Waals surface area contributed by atoms with Crippen molar-refractivity contribution in [2.24, 2.45) is 0 Å². The lowest BCUT2D eigenvalue weighted by molar-refractivity contribution is -0.121. The molecule has 0 aliphatic carbocycles. The van der Waals surface area contributed by atoms with Crippen LogP contribution in [0.25, 0.3) is 55.9 Å². The minimum absolute atomic E-state index is 0.00567. The maximum absolute atomic E-state index is 13.3. The molecule has 6 aromatic carbocycles. The monoisotopic (exact) mass is 854 g/mol. The molecule has 64 heavy (non-hydrogen) atoms. The van der Waals surface area contributed by atoms with Crippen LogP contribution in [0.15, 0.2) is 155 Å². The van der Waals surface area contributed by atoms with Crippen molar-refractivity contribution < 1.29 is 37.6 Å². The normalized spacial score (nSPS) is 10.9. The molecule has 0 radical (unpaired) electrons. The number of nitrogens with one attached hydrogen (secondary N) is 2. The molecule has 322 valence electrons. The largest absolute Gasteiger partial charge is 0.497 e. The van der Waals surface area contributed by atoms with E-state index in [1.807, 2.05) is 146 Å². The lowest BCUT2D eigenvalue weighted by Gasteiger charge is -2.09. The van der Waals surface area contributed by atoms with Crippen LogP contribution < -0.4 is 29.6 Å². The van der Waals surface area contributed by atoms with E-state index in [0.29, 0.717) is 36.0 Å². The Morgan fingerprint density at radius 3 is 0.984 bits per heavy atom. The van der Waals surface area contributed by atoms with Crippen LogP contribution in [0.3, 0.4) is 0 Å². The van der Waals surface area contributed by atoms with E-state index in [1.165, 1.54) is 0 Å². The smallest absolute Gasteiger partial charge is 0.228 e. The number of hydrogen-bond acceptors (Lipinski definition) is 10. The topological polar surface area (TPSA) is 147 Å². The molecule has 2 amide bonds. The van der Waals surface area contributed by atoms with Crippen LogP contribution in [0.4, 0.5) is 0 Å². The fourth-order valence-electron chi connectivity index (χ4n) is 7.34. The summed E-state index contributed by atoms with van der Waals surface area (Å²) in [6.07, 6.45) is 0.0113. The zero-order chi connectivity index (χ0) is 44.4. The molecule has 0 aliphatic rings. The average Bonchev–Trinajstić information content (AvgIpc) is 3.97. The zero-order valence-electron chi connectivity index (χ0n) is 35.8. The van der Waals surface area contributed by atoms with Gasteiger partial charge in [-0.3, -0.25) is 9.59 Å². The lowest BCUT2D eigenvalue weighted by Crippen LogP contribution is -2.24. The summed E-state index contributed by atoms with van der Waals surface area (Å²) in [6, 6.07) is 46.3. The van der Waals surface area contributed by atoms with Crippen molar-refractivity contribution in [2.75, 3.05) is 28.4 Å². The van der Waals surface area contributed by atoms with E-state index in [2.05, 4.69) is 20.9 Å². The maximum Gasteiger partial charge on any atom is 0.228 e. The highest BCUT2D eigenvalue weighted by atomic mass is 16.5. The number of carbonyl (C=O) groups is 2. The fourth-order valence-corrected chi connectivity index (χ4v) is 7.34. The fraction of sp³-hybridized carbons (Fsp3) is 0.154. The summed E-state index contributed by atoms with van der Waals surface area (Å²) in [5.74, 6) is 3.41.